The van der Waals surface area contributed by atoms with Gasteiger partial charge in [-0.2, -0.15) is 5.26 Å². The van der Waals surface area contributed by atoms with E-state index in [0.717, 1.165) is 31.2 Å². The molecule has 30 heavy (non-hydrogen) atoms. The molecule has 8 heteroatoms. The average molecular weight is 404 g/mol. The van der Waals surface area contributed by atoms with Gasteiger partial charge >= 0.3 is 0 Å². The van der Waals surface area contributed by atoms with Gasteiger partial charge in [0.1, 0.15) is 0 Å². The number of fused-ring (bicyclic) bond motifs is 2. The number of nitrogens with zero attached hydrogens (tertiary/aromatic N) is 3. The number of carbonyl (C=O) groups excluding carboxylic acids is 1. The molecule has 0 radical (unpaired) electrons. The highest BCUT2D eigenvalue weighted by atomic mass is 19.1. The van der Waals surface area contributed by atoms with Crippen LogP contribution in [0, 0.1) is 17.1 Å². The van der Waals surface area contributed by atoms with Crippen molar-refractivity contribution in [2.75, 3.05) is 5.32 Å². The third-order valence-corrected chi connectivity index (χ3v) is 6.03. The number of pyridine rings is 2. The standard InChI is InChI=1S/C22H21FN6O/c23-19-15-10-26-22(30)18(15)20(28-21(19)27-17-4-2-1-3-16(17)25)13-8-14-7-12(9-24)5-6-29(14)11-13/h5-8,11,16-17H,1-4,10,25H2,(H,26,30)(H,27,28)/t16-,17+/m0/s1. The van der Waals surface area contributed by atoms with E-state index in [0.29, 0.717) is 22.4 Å². The molecule has 0 spiro atoms. The largest absolute Gasteiger partial charge is 0.363 e. The number of hydrogen-bond donors (Lipinski definition) is 3. The van der Waals surface area contributed by atoms with Gasteiger partial charge in [0.15, 0.2) is 11.6 Å². The lowest BCUT2D eigenvalue weighted by Crippen LogP contribution is -2.43. The van der Waals surface area contributed by atoms with Gasteiger partial charge in [-0.15, -0.1) is 0 Å². The first-order valence-electron chi connectivity index (χ1n) is 10.1. The summed E-state index contributed by atoms with van der Waals surface area (Å²) in [6, 6.07) is 7.33. The van der Waals surface area contributed by atoms with Crippen LogP contribution in [0.5, 0.6) is 0 Å². The van der Waals surface area contributed by atoms with Crippen LogP contribution in [-0.2, 0) is 6.54 Å². The van der Waals surface area contributed by atoms with Crippen LogP contribution < -0.4 is 16.4 Å². The molecule has 5 rings (SSSR count). The highest BCUT2D eigenvalue weighted by Crippen LogP contribution is 2.34. The summed E-state index contributed by atoms with van der Waals surface area (Å²) in [7, 11) is 0. The third kappa shape index (κ3) is 2.99. The van der Waals surface area contributed by atoms with Gasteiger partial charge in [-0.25, -0.2) is 9.37 Å². The van der Waals surface area contributed by atoms with Crippen molar-refractivity contribution >= 4 is 17.2 Å². The minimum Gasteiger partial charge on any atom is -0.363 e. The number of hydrogen-bond acceptors (Lipinski definition) is 5. The lowest BCUT2D eigenvalue weighted by atomic mass is 9.91. The summed E-state index contributed by atoms with van der Waals surface area (Å²) in [4.78, 5) is 17.0. The van der Waals surface area contributed by atoms with E-state index < -0.39 is 5.82 Å². The van der Waals surface area contributed by atoms with E-state index >= 15 is 4.39 Å². The molecular formula is C22H21FN6O. The summed E-state index contributed by atoms with van der Waals surface area (Å²) in [6.45, 7) is 0.132. The quantitative estimate of drug-likeness (QED) is 0.622. The normalized spacial score (nSPS) is 20.6. The molecule has 1 amide bonds. The maximum atomic E-state index is 15.2. The van der Waals surface area contributed by atoms with E-state index in [1.807, 2.05) is 16.7 Å². The Morgan fingerprint density at radius 3 is 2.97 bits per heavy atom. The van der Waals surface area contributed by atoms with Gasteiger partial charge in [0.25, 0.3) is 5.91 Å². The highest BCUT2D eigenvalue weighted by Gasteiger charge is 2.32. The maximum absolute atomic E-state index is 15.2. The second-order valence-corrected chi connectivity index (χ2v) is 7.95. The van der Waals surface area contributed by atoms with E-state index in [9.17, 15) is 4.79 Å². The second kappa shape index (κ2) is 7.11. The van der Waals surface area contributed by atoms with Crippen LogP contribution in [0.15, 0.2) is 30.6 Å². The zero-order valence-electron chi connectivity index (χ0n) is 16.3. The zero-order chi connectivity index (χ0) is 20.8. The summed E-state index contributed by atoms with van der Waals surface area (Å²) in [5.41, 5.74) is 9.27. The lowest BCUT2D eigenvalue weighted by Gasteiger charge is -2.30. The molecular weight excluding hydrogens is 383 g/mol. The number of carbonyl (C=O) groups is 1. The van der Waals surface area contributed by atoms with Crippen molar-refractivity contribution in [3.05, 3.63) is 53.1 Å². The Balaban J connectivity index is 1.63. The molecule has 0 bridgehead atoms. The average Bonchev–Trinajstić information content (AvgIpc) is 3.35. The Hall–Kier alpha value is -3.44. The molecule has 1 fully saturated rings. The molecule has 4 heterocycles. The molecule has 152 valence electrons. The van der Waals surface area contributed by atoms with E-state index in [4.69, 9.17) is 11.0 Å². The maximum Gasteiger partial charge on any atom is 0.254 e. The van der Waals surface area contributed by atoms with E-state index in [2.05, 4.69) is 21.7 Å². The van der Waals surface area contributed by atoms with Crippen molar-refractivity contribution < 1.29 is 9.18 Å². The zero-order valence-corrected chi connectivity index (χ0v) is 16.3. The van der Waals surface area contributed by atoms with Crippen molar-refractivity contribution in [3.8, 4) is 17.3 Å². The molecule has 0 saturated heterocycles. The van der Waals surface area contributed by atoms with Crippen LogP contribution in [0.1, 0.15) is 47.2 Å². The van der Waals surface area contributed by atoms with Crippen LogP contribution in [-0.4, -0.2) is 27.4 Å². The molecule has 3 aromatic heterocycles. The molecule has 0 unspecified atom stereocenters. The molecule has 1 saturated carbocycles. The number of nitrogens with one attached hydrogen (secondary N) is 2. The lowest BCUT2D eigenvalue weighted by molar-refractivity contribution is 0.0966. The SMILES string of the molecule is N#Cc1ccn2cc(-c3nc(N[C@@H]4CCCC[C@@H]4N)c(F)c4c3C(=O)NC4)cc2c1. The molecule has 1 aliphatic heterocycles. The van der Waals surface area contributed by atoms with Gasteiger partial charge in [-0.1, -0.05) is 12.8 Å². The number of aromatic nitrogens is 2. The predicted octanol–water partition coefficient (Wildman–Crippen LogP) is 2.94. The molecule has 2 aliphatic rings. The Morgan fingerprint density at radius 1 is 1.33 bits per heavy atom. The molecule has 2 atom stereocenters. The van der Waals surface area contributed by atoms with Crippen LogP contribution in [0.25, 0.3) is 16.8 Å². The fourth-order valence-corrected chi connectivity index (χ4v) is 4.41. The Labute approximate surface area is 172 Å². The predicted molar refractivity (Wildman–Crippen MR) is 110 cm³/mol. The molecule has 3 aromatic rings. The highest BCUT2D eigenvalue weighted by molar-refractivity contribution is 6.04. The first-order chi connectivity index (χ1) is 14.5. The molecule has 4 N–H and O–H groups in total. The van der Waals surface area contributed by atoms with Crippen molar-refractivity contribution in [2.45, 2.75) is 44.3 Å². The third-order valence-electron chi connectivity index (χ3n) is 6.03. The van der Waals surface area contributed by atoms with Crippen molar-refractivity contribution in [1.82, 2.24) is 14.7 Å². The van der Waals surface area contributed by atoms with Crippen LogP contribution in [0.4, 0.5) is 10.2 Å². The summed E-state index contributed by atoms with van der Waals surface area (Å²) in [5, 5.41) is 15.1. The van der Waals surface area contributed by atoms with Gasteiger partial charge < -0.3 is 20.8 Å². The number of amides is 1. The second-order valence-electron chi connectivity index (χ2n) is 7.95. The van der Waals surface area contributed by atoms with Crippen molar-refractivity contribution in [1.29, 1.82) is 5.26 Å². The van der Waals surface area contributed by atoms with Gasteiger partial charge in [-0.3, -0.25) is 4.79 Å². The monoisotopic (exact) mass is 404 g/mol. The number of rotatable bonds is 3. The molecule has 7 nitrogen and oxygen atoms in total. The Bertz CT molecular complexity index is 1210. The summed E-state index contributed by atoms with van der Waals surface area (Å²) < 4.78 is 17.1. The van der Waals surface area contributed by atoms with Gasteiger partial charge in [0, 0.05) is 47.7 Å². The number of nitrogens with two attached hydrogens (primary N) is 1. The minimum absolute atomic E-state index is 0.0528. The molecule has 0 aromatic carbocycles. The van der Waals surface area contributed by atoms with Crippen molar-refractivity contribution in [2.24, 2.45) is 5.73 Å². The van der Waals surface area contributed by atoms with E-state index in [1.165, 1.54) is 0 Å². The van der Waals surface area contributed by atoms with Crippen LogP contribution in [0.3, 0.4) is 0 Å². The number of nitriles is 1. The summed E-state index contributed by atoms with van der Waals surface area (Å²) in [5.74, 6) is -0.698. The smallest absolute Gasteiger partial charge is 0.254 e. The Morgan fingerprint density at radius 2 is 2.17 bits per heavy atom. The van der Waals surface area contributed by atoms with Gasteiger partial charge in [0.2, 0.25) is 0 Å². The first kappa shape index (κ1) is 18.6. The Kier molecular flexibility index (Phi) is 4.40. The van der Waals surface area contributed by atoms with Gasteiger partial charge in [-0.05, 0) is 31.0 Å². The topological polar surface area (TPSA) is 108 Å². The number of halogens is 1. The fraction of sp³-hybridized carbons (Fsp3) is 0.318. The minimum atomic E-state index is -0.500. The van der Waals surface area contributed by atoms with Gasteiger partial charge in [0.05, 0.1) is 22.9 Å². The first-order valence-corrected chi connectivity index (χ1v) is 10.1. The van der Waals surface area contributed by atoms with Crippen molar-refractivity contribution in [3.63, 3.8) is 0 Å². The number of anilines is 1. The summed E-state index contributed by atoms with van der Waals surface area (Å²) in [6.07, 6.45) is 7.48. The molecule has 1 aliphatic carbocycles. The summed E-state index contributed by atoms with van der Waals surface area (Å²) >= 11 is 0. The van der Waals surface area contributed by atoms with Crippen LogP contribution >= 0.6 is 0 Å². The fourth-order valence-electron chi connectivity index (χ4n) is 4.41. The van der Waals surface area contributed by atoms with Crippen LogP contribution in [0.2, 0.25) is 0 Å². The van der Waals surface area contributed by atoms with E-state index in [1.54, 1.807) is 18.3 Å². The van der Waals surface area contributed by atoms with E-state index in [-0.39, 0.29) is 35.9 Å².